The van der Waals surface area contributed by atoms with Crippen molar-refractivity contribution in [3.05, 3.63) is 64.7 Å². The van der Waals surface area contributed by atoms with Gasteiger partial charge in [0, 0.05) is 31.3 Å². The summed E-state index contributed by atoms with van der Waals surface area (Å²) < 4.78 is 22.3. The zero-order chi connectivity index (χ0) is 28.8. The minimum absolute atomic E-state index is 0.0224. The van der Waals surface area contributed by atoms with E-state index in [-0.39, 0.29) is 44.4 Å². The van der Waals surface area contributed by atoms with Gasteiger partial charge in [-0.05, 0) is 41.8 Å². The van der Waals surface area contributed by atoms with E-state index in [1.807, 2.05) is 24.3 Å². The van der Waals surface area contributed by atoms with E-state index in [1.54, 1.807) is 25.3 Å². The topological polar surface area (TPSA) is 147 Å². The number of rotatable bonds is 12. The van der Waals surface area contributed by atoms with Gasteiger partial charge < -0.3 is 44.5 Å². The number of aliphatic hydroxyl groups is 3. The third-order valence-corrected chi connectivity index (χ3v) is 7.26. The highest BCUT2D eigenvalue weighted by Gasteiger charge is 2.51. The van der Waals surface area contributed by atoms with Crippen LogP contribution in [-0.4, -0.2) is 97.9 Å². The highest BCUT2D eigenvalue weighted by Crippen LogP contribution is 2.51. The Morgan fingerprint density at radius 1 is 1.07 bits per heavy atom. The van der Waals surface area contributed by atoms with Gasteiger partial charge in [0.1, 0.15) is 24.6 Å². The monoisotopic (exact) mass is 556 g/mol. The van der Waals surface area contributed by atoms with Crippen LogP contribution in [-0.2, 0) is 27.4 Å². The van der Waals surface area contributed by atoms with Gasteiger partial charge in [0.05, 0.1) is 39.4 Å². The number of aliphatic hydroxyl groups excluding tert-OH is 3. The van der Waals surface area contributed by atoms with Gasteiger partial charge in [0.15, 0.2) is 11.5 Å². The summed E-state index contributed by atoms with van der Waals surface area (Å²) >= 11 is 0. The molecule has 0 saturated heterocycles. The van der Waals surface area contributed by atoms with E-state index in [4.69, 9.17) is 18.9 Å². The largest absolute Gasteiger partial charge is 0.496 e. The Balaban J connectivity index is 1.76. The maximum absolute atomic E-state index is 13.4. The van der Waals surface area contributed by atoms with Crippen molar-refractivity contribution < 1.29 is 43.9 Å². The van der Waals surface area contributed by atoms with E-state index < -0.39 is 30.1 Å². The number of nitrogens with zero attached hydrogens (tertiary/aromatic N) is 1. The van der Waals surface area contributed by atoms with Crippen LogP contribution in [0.1, 0.15) is 22.6 Å². The van der Waals surface area contributed by atoms with Crippen LogP contribution in [0.25, 0.3) is 0 Å². The van der Waals surface area contributed by atoms with E-state index in [2.05, 4.69) is 5.32 Å². The summed E-state index contributed by atoms with van der Waals surface area (Å²) in [6.07, 6.45) is -0.129. The zero-order valence-corrected chi connectivity index (χ0v) is 22.8. The first kappa shape index (κ1) is 29.3. The molecule has 1 heterocycles. The van der Waals surface area contributed by atoms with Gasteiger partial charge in [-0.25, -0.2) is 0 Å². The first-order valence-corrected chi connectivity index (χ1v) is 13.1. The van der Waals surface area contributed by atoms with Crippen molar-refractivity contribution in [1.82, 2.24) is 10.2 Å². The molecule has 2 amide bonds. The Morgan fingerprint density at radius 2 is 1.82 bits per heavy atom. The first-order valence-electron chi connectivity index (χ1n) is 13.1. The van der Waals surface area contributed by atoms with Crippen LogP contribution in [0, 0.1) is 0 Å². The lowest BCUT2D eigenvalue weighted by Gasteiger charge is -2.40. The number of nitrogens with one attached hydrogen (secondary N) is 1. The lowest BCUT2D eigenvalue weighted by molar-refractivity contribution is -0.141. The second-order valence-electron chi connectivity index (χ2n) is 9.60. The van der Waals surface area contributed by atoms with Gasteiger partial charge in [-0.2, -0.15) is 0 Å². The number of methoxy groups -OCH3 is 3. The van der Waals surface area contributed by atoms with E-state index in [9.17, 15) is 24.9 Å². The number of para-hydroxylation sites is 1. The summed E-state index contributed by atoms with van der Waals surface area (Å²) in [5.41, 5.74) is 2.29. The van der Waals surface area contributed by atoms with Crippen molar-refractivity contribution in [2.75, 3.05) is 47.6 Å². The number of ether oxygens (including phenoxy) is 4. The maximum atomic E-state index is 13.4. The molecule has 0 radical (unpaired) electrons. The Morgan fingerprint density at radius 3 is 2.50 bits per heavy atom. The molecule has 4 N–H and O–H groups in total. The fourth-order valence-electron chi connectivity index (χ4n) is 5.42. The summed E-state index contributed by atoms with van der Waals surface area (Å²) in [5, 5.41) is 33.5. The molecular formula is C29H36N2O9. The van der Waals surface area contributed by atoms with Crippen LogP contribution in [0.5, 0.6) is 17.2 Å². The molecule has 0 spiro atoms. The fraction of sp³-hybridized carbons (Fsp3) is 0.448. The highest BCUT2D eigenvalue weighted by atomic mass is 16.5. The van der Waals surface area contributed by atoms with Crippen LogP contribution in [0.2, 0.25) is 0 Å². The second kappa shape index (κ2) is 13.1. The predicted octanol–water partition coefficient (Wildman–Crippen LogP) is 0.536. The predicted molar refractivity (Wildman–Crippen MR) is 144 cm³/mol. The summed E-state index contributed by atoms with van der Waals surface area (Å²) in [5.74, 6) is -0.144. The molecule has 0 saturated carbocycles. The van der Waals surface area contributed by atoms with E-state index in [0.29, 0.717) is 34.8 Å². The van der Waals surface area contributed by atoms with E-state index >= 15 is 0 Å². The standard InChI is InChI=1S/C29H36N2O9/c1-37-16-24(34)31(10-8-18-6-4-5-7-22(18)38-2)21-14-20(29(36)30-9-11-32)25-19-12-17(15-33)13-23(39-3)27(19)40-28(25)26(21)35/h4-7,12-14,21,25-26,28,32-33,35H,8-11,15-16H2,1-3H3,(H,30,36). The molecule has 11 heteroatoms. The van der Waals surface area contributed by atoms with Gasteiger partial charge in [0.25, 0.3) is 0 Å². The molecule has 0 fully saturated rings. The minimum Gasteiger partial charge on any atom is -0.496 e. The van der Waals surface area contributed by atoms with Crippen LogP contribution >= 0.6 is 0 Å². The molecule has 0 bridgehead atoms. The highest BCUT2D eigenvalue weighted by molar-refractivity contribution is 5.96. The van der Waals surface area contributed by atoms with Gasteiger partial charge in [-0.15, -0.1) is 0 Å². The molecule has 2 aromatic carbocycles. The molecule has 216 valence electrons. The lowest BCUT2D eigenvalue weighted by atomic mass is 9.77. The Bertz CT molecular complexity index is 1250. The molecular weight excluding hydrogens is 520 g/mol. The summed E-state index contributed by atoms with van der Waals surface area (Å²) in [6.45, 7) is -0.516. The van der Waals surface area contributed by atoms with Crippen molar-refractivity contribution in [3.8, 4) is 17.2 Å². The molecule has 2 aromatic rings. The number of hydrogen-bond acceptors (Lipinski definition) is 9. The molecule has 4 unspecified atom stereocenters. The van der Waals surface area contributed by atoms with Gasteiger partial charge >= 0.3 is 0 Å². The summed E-state index contributed by atoms with van der Waals surface area (Å²) in [6, 6.07) is 9.89. The zero-order valence-electron chi connectivity index (χ0n) is 22.8. The smallest absolute Gasteiger partial charge is 0.249 e. The van der Waals surface area contributed by atoms with Gasteiger partial charge in [-0.1, -0.05) is 18.2 Å². The Labute approximate surface area is 232 Å². The lowest BCUT2D eigenvalue weighted by Crippen LogP contribution is -2.56. The number of amides is 2. The van der Waals surface area contributed by atoms with Crippen LogP contribution in [0.3, 0.4) is 0 Å². The average molecular weight is 557 g/mol. The van der Waals surface area contributed by atoms with Crippen LogP contribution in [0.15, 0.2) is 48.0 Å². The molecule has 4 rings (SSSR count). The number of benzene rings is 2. The molecule has 4 atom stereocenters. The van der Waals surface area contributed by atoms with E-state index in [0.717, 1.165) is 5.56 Å². The third-order valence-electron chi connectivity index (χ3n) is 7.26. The molecule has 11 nitrogen and oxygen atoms in total. The Hall–Kier alpha value is -3.64. The number of fused-ring (bicyclic) bond motifs is 3. The third kappa shape index (κ3) is 5.78. The average Bonchev–Trinajstić information content (AvgIpc) is 3.36. The molecule has 1 aliphatic heterocycles. The van der Waals surface area contributed by atoms with Gasteiger partial charge in [0.2, 0.25) is 11.8 Å². The molecule has 40 heavy (non-hydrogen) atoms. The van der Waals surface area contributed by atoms with Crippen molar-refractivity contribution in [3.63, 3.8) is 0 Å². The number of carbonyl (C=O) groups is 2. The molecule has 1 aliphatic carbocycles. The van der Waals surface area contributed by atoms with Gasteiger partial charge in [-0.3, -0.25) is 9.59 Å². The quantitative estimate of drug-likeness (QED) is 0.294. The normalized spacial score (nSPS) is 21.0. The maximum Gasteiger partial charge on any atom is 0.249 e. The van der Waals surface area contributed by atoms with Crippen LogP contribution in [0.4, 0.5) is 0 Å². The first-order chi connectivity index (χ1) is 19.4. The summed E-state index contributed by atoms with van der Waals surface area (Å²) in [4.78, 5) is 28.2. The summed E-state index contributed by atoms with van der Waals surface area (Å²) in [7, 11) is 4.45. The minimum atomic E-state index is -1.22. The SMILES string of the molecule is COCC(=O)N(CCc1ccccc1OC)C1C=C(C(=O)NCCO)C2c3cc(CO)cc(OC)c3OC2C1O. The van der Waals surface area contributed by atoms with Crippen molar-refractivity contribution in [2.24, 2.45) is 0 Å². The van der Waals surface area contributed by atoms with Crippen molar-refractivity contribution in [1.29, 1.82) is 0 Å². The second-order valence-corrected chi connectivity index (χ2v) is 9.60. The van der Waals surface area contributed by atoms with E-state index in [1.165, 1.54) is 19.1 Å². The molecule has 0 aromatic heterocycles. The Kier molecular flexibility index (Phi) is 9.64. The van der Waals surface area contributed by atoms with Crippen molar-refractivity contribution in [2.45, 2.75) is 37.2 Å². The van der Waals surface area contributed by atoms with Crippen LogP contribution < -0.4 is 19.5 Å². The molecule has 2 aliphatic rings. The van der Waals surface area contributed by atoms with Crippen molar-refractivity contribution >= 4 is 11.8 Å². The number of hydrogen-bond donors (Lipinski definition) is 4. The number of carbonyl (C=O) groups excluding carboxylic acids is 2. The fourth-order valence-corrected chi connectivity index (χ4v) is 5.42.